The lowest BCUT2D eigenvalue weighted by Gasteiger charge is -2.10. The zero-order valence-electron chi connectivity index (χ0n) is 7.54. The van der Waals surface area contributed by atoms with Crippen LogP contribution < -0.4 is 21.3 Å². The van der Waals surface area contributed by atoms with Crippen molar-refractivity contribution in [2.45, 2.75) is 6.61 Å². The highest BCUT2D eigenvalue weighted by atomic mass is 19.3. The molecule has 0 spiro atoms. The molecule has 0 radical (unpaired) electrons. The van der Waals surface area contributed by atoms with Crippen molar-refractivity contribution in [1.82, 2.24) is 5.43 Å². The second-order valence-corrected chi connectivity index (χ2v) is 2.47. The summed E-state index contributed by atoms with van der Waals surface area (Å²) in [6, 6.07) is 5.05. The van der Waals surface area contributed by atoms with Crippen LogP contribution in [-0.4, -0.2) is 12.6 Å². The second-order valence-electron chi connectivity index (χ2n) is 2.47. The lowest BCUT2D eigenvalue weighted by atomic mass is 10.3. The van der Waals surface area contributed by atoms with Crippen molar-refractivity contribution >= 4 is 11.7 Å². The topological polar surface area (TPSA) is 76.4 Å². The molecule has 0 saturated carbocycles. The predicted molar refractivity (Wildman–Crippen MR) is 49.4 cm³/mol. The number of benzene rings is 1. The van der Waals surface area contributed by atoms with Crippen molar-refractivity contribution < 1.29 is 18.3 Å². The highest BCUT2D eigenvalue weighted by molar-refractivity contribution is 5.90. The lowest BCUT2D eigenvalue weighted by molar-refractivity contribution is -0.0493. The van der Waals surface area contributed by atoms with Crippen molar-refractivity contribution in [3.8, 4) is 5.75 Å². The summed E-state index contributed by atoms with van der Waals surface area (Å²) in [5, 5.41) is 2.23. The Hall–Kier alpha value is -1.89. The van der Waals surface area contributed by atoms with Crippen LogP contribution in [0.15, 0.2) is 24.3 Å². The maximum atomic E-state index is 11.9. The number of carbonyl (C=O) groups is 1. The first kappa shape index (κ1) is 11.2. The van der Waals surface area contributed by atoms with Crippen LogP contribution in [0.5, 0.6) is 5.75 Å². The first-order valence-corrected chi connectivity index (χ1v) is 3.95. The number of nitrogens with one attached hydrogen (secondary N) is 2. The van der Waals surface area contributed by atoms with Gasteiger partial charge < -0.3 is 10.1 Å². The van der Waals surface area contributed by atoms with Crippen molar-refractivity contribution in [3.63, 3.8) is 0 Å². The van der Waals surface area contributed by atoms with Gasteiger partial charge in [-0.3, -0.25) is 5.43 Å². The molecule has 5 nitrogen and oxygen atoms in total. The SMILES string of the molecule is NNC(=O)Nc1ccccc1OC(F)F. The Morgan fingerprint density at radius 2 is 2.07 bits per heavy atom. The summed E-state index contributed by atoms with van der Waals surface area (Å²) >= 11 is 0. The monoisotopic (exact) mass is 217 g/mol. The molecule has 2 amide bonds. The van der Waals surface area contributed by atoms with Gasteiger partial charge >= 0.3 is 12.6 Å². The molecule has 0 bridgehead atoms. The zero-order chi connectivity index (χ0) is 11.3. The number of anilines is 1. The Bertz CT molecular complexity index is 346. The summed E-state index contributed by atoms with van der Waals surface area (Å²) in [6.45, 7) is -2.95. The molecule has 0 atom stereocenters. The minimum Gasteiger partial charge on any atom is -0.433 e. The van der Waals surface area contributed by atoms with Gasteiger partial charge in [0.15, 0.2) is 0 Å². The Kier molecular flexibility index (Phi) is 3.81. The molecule has 0 heterocycles. The highest BCUT2D eigenvalue weighted by Gasteiger charge is 2.10. The van der Waals surface area contributed by atoms with Crippen LogP contribution in [0.2, 0.25) is 0 Å². The highest BCUT2D eigenvalue weighted by Crippen LogP contribution is 2.25. The van der Waals surface area contributed by atoms with E-state index in [2.05, 4.69) is 10.1 Å². The van der Waals surface area contributed by atoms with Crippen LogP contribution in [0.1, 0.15) is 0 Å². The summed E-state index contributed by atoms with van der Waals surface area (Å²) in [5.41, 5.74) is 1.91. The molecule has 15 heavy (non-hydrogen) atoms. The number of ether oxygens (including phenoxy) is 1. The molecule has 0 saturated heterocycles. The summed E-state index contributed by atoms with van der Waals surface area (Å²) in [7, 11) is 0. The predicted octanol–water partition coefficient (Wildman–Crippen LogP) is 1.28. The van der Waals surface area contributed by atoms with Gasteiger partial charge in [0.1, 0.15) is 5.75 Å². The fraction of sp³-hybridized carbons (Fsp3) is 0.125. The van der Waals surface area contributed by atoms with Crippen molar-refractivity contribution in [3.05, 3.63) is 24.3 Å². The average molecular weight is 217 g/mol. The zero-order valence-corrected chi connectivity index (χ0v) is 7.54. The number of alkyl halides is 2. The largest absolute Gasteiger partial charge is 0.433 e. The normalized spacial score (nSPS) is 9.87. The lowest BCUT2D eigenvalue weighted by Crippen LogP contribution is -2.34. The van der Waals surface area contributed by atoms with Gasteiger partial charge in [0.05, 0.1) is 5.69 Å². The van der Waals surface area contributed by atoms with E-state index in [4.69, 9.17) is 5.84 Å². The van der Waals surface area contributed by atoms with E-state index < -0.39 is 12.6 Å². The minimum absolute atomic E-state index is 0.112. The molecular weight excluding hydrogens is 208 g/mol. The van der Waals surface area contributed by atoms with Gasteiger partial charge in [0.25, 0.3) is 0 Å². The van der Waals surface area contributed by atoms with Crippen LogP contribution >= 0.6 is 0 Å². The second kappa shape index (κ2) is 5.11. The number of para-hydroxylation sites is 2. The number of hydrogen-bond donors (Lipinski definition) is 3. The first-order chi connectivity index (χ1) is 7.13. The van der Waals surface area contributed by atoms with E-state index >= 15 is 0 Å². The molecule has 0 aliphatic carbocycles. The summed E-state index contributed by atoms with van der Waals surface area (Å²) < 4.78 is 28.1. The number of amides is 2. The fourth-order valence-electron chi connectivity index (χ4n) is 0.927. The minimum atomic E-state index is -2.95. The number of nitrogens with two attached hydrogens (primary N) is 1. The summed E-state index contributed by atoms with van der Waals surface area (Å²) in [4.78, 5) is 10.8. The Morgan fingerprint density at radius 1 is 1.40 bits per heavy atom. The molecule has 82 valence electrons. The van der Waals surface area contributed by atoms with Crippen LogP contribution in [0.25, 0.3) is 0 Å². The van der Waals surface area contributed by atoms with E-state index in [1.165, 1.54) is 18.2 Å². The molecule has 4 N–H and O–H groups in total. The number of hydrazine groups is 1. The quantitative estimate of drug-likeness (QED) is 0.405. The van der Waals surface area contributed by atoms with Crippen LogP contribution in [0.4, 0.5) is 19.3 Å². The van der Waals surface area contributed by atoms with Gasteiger partial charge in [-0.25, -0.2) is 10.6 Å². The number of hydrogen-bond acceptors (Lipinski definition) is 3. The third-order valence-corrected chi connectivity index (χ3v) is 1.48. The van der Waals surface area contributed by atoms with Gasteiger partial charge in [-0.2, -0.15) is 8.78 Å². The first-order valence-electron chi connectivity index (χ1n) is 3.95. The fourth-order valence-corrected chi connectivity index (χ4v) is 0.927. The van der Waals surface area contributed by atoms with Crippen molar-refractivity contribution in [2.24, 2.45) is 5.84 Å². The van der Waals surface area contributed by atoms with Crippen LogP contribution in [-0.2, 0) is 0 Å². The molecule has 1 rings (SSSR count). The third-order valence-electron chi connectivity index (χ3n) is 1.48. The maximum Gasteiger partial charge on any atom is 0.387 e. The van der Waals surface area contributed by atoms with Crippen LogP contribution in [0.3, 0.4) is 0 Å². The van der Waals surface area contributed by atoms with E-state index in [0.29, 0.717) is 0 Å². The summed E-state index contributed by atoms with van der Waals surface area (Å²) in [5.74, 6) is 4.69. The van der Waals surface area contributed by atoms with E-state index in [9.17, 15) is 13.6 Å². The molecular formula is C8H9F2N3O2. The van der Waals surface area contributed by atoms with E-state index in [-0.39, 0.29) is 11.4 Å². The van der Waals surface area contributed by atoms with E-state index in [1.54, 1.807) is 11.5 Å². The van der Waals surface area contributed by atoms with E-state index in [1.807, 2.05) is 0 Å². The number of rotatable bonds is 3. The van der Waals surface area contributed by atoms with Gasteiger partial charge in [-0.05, 0) is 12.1 Å². The molecule has 0 aliphatic heterocycles. The number of carbonyl (C=O) groups excluding carboxylic acids is 1. The molecule has 7 heteroatoms. The number of halogens is 2. The summed E-state index contributed by atoms with van der Waals surface area (Å²) in [6.07, 6.45) is 0. The Morgan fingerprint density at radius 3 is 2.67 bits per heavy atom. The van der Waals surface area contributed by atoms with Gasteiger partial charge in [-0.15, -0.1) is 0 Å². The van der Waals surface area contributed by atoms with Gasteiger partial charge in [-0.1, -0.05) is 12.1 Å². The smallest absolute Gasteiger partial charge is 0.387 e. The Labute approximate surface area is 84.2 Å². The standard InChI is InChI=1S/C8H9F2N3O2/c9-7(10)15-6-4-2-1-3-5(6)12-8(14)13-11/h1-4,7H,11H2,(H2,12,13,14). The maximum absolute atomic E-state index is 11.9. The molecule has 0 unspecified atom stereocenters. The van der Waals surface area contributed by atoms with E-state index in [0.717, 1.165) is 0 Å². The Balaban J connectivity index is 2.81. The molecule has 0 aliphatic rings. The molecule has 0 aromatic heterocycles. The van der Waals surface area contributed by atoms with Crippen molar-refractivity contribution in [2.75, 3.05) is 5.32 Å². The molecule has 1 aromatic rings. The average Bonchev–Trinajstić information content (AvgIpc) is 2.20. The van der Waals surface area contributed by atoms with Gasteiger partial charge in [0, 0.05) is 0 Å². The molecule has 1 aromatic carbocycles. The third kappa shape index (κ3) is 3.39. The van der Waals surface area contributed by atoms with Crippen LogP contribution in [0, 0.1) is 0 Å². The number of urea groups is 1. The van der Waals surface area contributed by atoms with Crippen molar-refractivity contribution in [1.29, 1.82) is 0 Å². The molecule has 0 fully saturated rings. The van der Waals surface area contributed by atoms with Gasteiger partial charge in [0.2, 0.25) is 0 Å².